The maximum absolute atomic E-state index is 12.9. The van der Waals surface area contributed by atoms with Gasteiger partial charge < -0.3 is 9.84 Å². The quantitative estimate of drug-likeness (QED) is 0.736. The molecule has 1 amide bonds. The van der Waals surface area contributed by atoms with Crippen LogP contribution in [0.2, 0.25) is 5.02 Å². The molecule has 2 aromatic heterocycles. The number of fused-ring (bicyclic) bond motifs is 1. The third kappa shape index (κ3) is 2.87. The predicted molar refractivity (Wildman–Crippen MR) is 94.8 cm³/mol. The van der Waals surface area contributed by atoms with Crippen molar-refractivity contribution in [1.82, 2.24) is 10.1 Å². The minimum absolute atomic E-state index is 0.166. The Morgan fingerprint density at radius 1 is 1.29 bits per heavy atom. The number of halogens is 1. The van der Waals surface area contributed by atoms with Crippen molar-refractivity contribution in [1.29, 1.82) is 0 Å². The number of amides is 1. The molecule has 0 spiro atoms. The van der Waals surface area contributed by atoms with E-state index in [0.29, 0.717) is 33.1 Å². The van der Waals surface area contributed by atoms with Gasteiger partial charge in [0.15, 0.2) is 0 Å². The van der Waals surface area contributed by atoms with E-state index in [1.807, 2.05) is 26.8 Å². The number of pyridine rings is 1. The van der Waals surface area contributed by atoms with Crippen molar-refractivity contribution in [2.75, 3.05) is 5.32 Å². The molecule has 0 unspecified atom stereocenters. The van der Waals surface area contributed by atoms with Crippen LogP contribution in [-0.2, 0) is 0 Å². The molecule has 1 N–H and O–H groups in total. The van der Waals surface area contributed by atoms with E-state index in [4.69, 9.17) is 16.1 Å². The van der Waals surface area contributed by atoms with E-state index >= 15 is 0 Å². The van der Waals surface area contributed by atoms with E-state index in [-0.39, 0.29) is 11.8 Å². The number of carbonyl (C=O) groups excluding carboxylic acids is 1. The summed E-state index contributed by atoms with van der Waals surface area (Å²) in [4.78, 5) is 17.3. The third-order valence-electron chi connectivity index (χ3n) is 3.99. The summed E-state index contributed by atoms with van der Waals surface area (Å²) in [6, 6.07) is 7.21. The van der Waals surface area contributed by atoms with Gasteiger partial charge in [0.2, 0.25) is 0 Å². The smallest absolute Gasteiger partial charge is 0.259 e. The molecule has 3 rings (SSSR count). The average Bonchev–Trinajstić information content (AvgIpc) is 2.92. The summed E-state index contributed by atoms with van der Waals surface area (Å²) >= 11 is 6.13. The predicted octanol–water partition coefficient (Wildman–Crippen LogP) is 4.87. The largest absolute Gasteiger partial charge is 0.336 e. The summed E-state index contributed by atoms with van der Waals surface area (Å²) in [5, 5.41) is 8.11. The SMILES string of the molecule is Cc1c(Cl)cccc1NC(=O)c1cc(C(C)C)nc2onc(C)c12. The molecule has 6 heteroatoms. The number of nitrogens with one attached hydrogen (secondary N) is 1. The van der Waals surface area contributed by atoms with E-state index in [1.54, 1.807) is 25.1 Å². The lowest BCUT2D eigenvalue weighted by Gasteiger charge is -2.12. The van der Waals surface area contributed by atoms with Crippen LogP contribution in [0.1, 0.15) is 47.1 Å². The second-order valence-corrected chi connectivity index (χ2v) is 6.47. The first-order chi connectivity index (χ1) is 11.4. The number of hydrogen-bond donors (Lipinski definition) is 1. The monoisotopic (exact) mass is 343 g/mol. The van der Waals surface area contributed by atoms with E-state index in [0.717, 1.165) is 11.3 Å². The number of nitrogens with zero attached hydrogens (tertiary/aromatic N) is 2. The van der Waals surface area contributed by atoms with Gasteiger partial charge in [-0.15, -0.1) is 0 Å². The van der Waals surface area contributed by atoms with Crippen molar-refractivity contribution in [3.63, 3.8) is 0 Å². The van der Waals surface area contributed by atoms with Crippen LogP contribution in [0.3, 0.4) is 0 Å². The molecule has 2 heterocycles. The summed E-state index contributed by atoms with van der Waals surface area (Å²) < 4.78 is 5.26. The van der Waals surface area contributed by atoms with E-state index < -0.39 is 0 Å². The van der Waals surface area contributed by atoms with Gasteiger partial charge in [-0.05, 0) is 43.5 Å². The zero-order chi connectivity index (χ0) is 17.4. The number of aryl methyl sites for hydroxylation is 1. The van der Waals surface area contributed by atoms with Crippen LogP contribution in [0, 0.1) is 13.8 Å². The molecule has 0 atom stereocenters. The van der Waals surface area contributed by atoms with Crippen molar-refractivity contribution in [2.45, 2.75) is 33.6 Å². The lowest BCUT2D eigenvalue weighted by molar-refractivity contribution is 0.102. The molecule has 1 aromatic carbocycles. The first-order valence-corrected chi connectivity index (χ1v) is 8.09. The normalized spacial score (nSPS) is 11.2. The topological polar surface area (TPSA) is 68.0 Å². The van der Waals surface area contributed by atoms with Gasteiger partial charge >= 0.3 is 0 Å². The van der Waals surface area contributed by atoms with Gasteiger partial charge in [0, 0.05) is 16.4 Å². The molecule has 0 saturated carbocycles. The molecular weight excluding hydrogens is 326 g/mol. The number of hydrogen-bond acceptors (Lipinski definition) is 4. The van der Waals surface area contributed by atoms with Crippen LogP contribution in [0.5, 0.6) is 0 Å². The Kier molecular flexibility index (Phi) is 4.28. The fraction of sp³-hybridized carbons (Fsp3) is 0.278. The lowest BCUT2D eigenvalue weighted by atomic mass is 10.0. The zero-order valence-corrected chi connectivity index (χ0v) is 14.7. The molecule has 124 valence electrons. The molecule has 0 saturated heterocycles. The van der Waals surface area contributed by atoms with Gasteiger partial charge in [0.05, 0.1) is 16.6 Å². The van der Waals surface area contributed by atoms with Gasteiger partial charge in [0.1, 0.15) is 0 Å². The summed E-state index contributed by atoms with van der Waals surface area (Å²) in [5.74, 6) is -0.0692. The summed E-state index contributed by atoms with van der Waals surface area (Å²) in [7, 11) is 0. The van der Waals surface area contributed by atoms with Crippen molar-refractivity contribution in [3.05, 3.63) is 51.8 Å². The maximum atomic E-state index is 12.9. The molecule has 0 radical (unpaired) electrons. The summed E-state index contributed by atoms with van der Waals surface area (Å²) in [5.41, 5.74) is 3.81. The lowest BCUT2D eigenvalue weighted by Crippen LogP contribution is -2.14. The maximum Gasteiger partial charge on any atom is 0.259 e. The molecule has 0 aliphatic rings. The Balaban J connectivity index is 2.09. The molecule has 0 fully saturated rings. The van der Waals surface area contributed by atoms with E-state index in [9.17, 15) is 4.79 Å². The molecule has 0 aliphatic heterocycles. The molecular formula is C18H18ClN3O2. The average molecular weight is 344 g/mol. The number of benzene rings is 1. The Hall–Kier alpha value is -2.40. The number of anilines is 1. The van der Waals surface area contributed by atoms with Gasteiger partial charge in [-0.3, -0.25) is 4.79 Å². The first-order valence-electron chi connectivity index (χ1n) is 7.72. The molecule has 5 nitrogen and oxygen atoms in total. The van der Waals surface area contributed by atoms with E-state index in [1.165, 1.54) is 0 Å². The number of carbonyl (C=O) groups is 1. The minimum Gasteiger partial charge on any atom is -0.336 e. The highest BCUT2D eigenvalue weighted by Crippen LogP contribution is 2.27. The second-order valence-electron chi connectivity index (χ2n) is 6.06. The van der Waals surface area contributed by atoms with Gasteiger partial charge in [-0.1, -0.05) is 36.7 Å². The molecule has 0 aliphatic carbocycles. The van der Waals surface area contributed by atoms with Crippen LogP contribution in [0.4, 0.5) is 5.69 Å². The van der Waals surface area contributed by atoms with Crippen LogP contribution in [0.25, 0.3) is 11.1 Å². The second kappa shape index (κ2) is 6.24. The highest BCUT2D eigenvalue weighted by atomic mass is 35.5. The fourth-order valence-electron chi connectivity index (χ4n) is 2.52. The summed E-state index contributed by atoms with van der Waals surface area (Å²) in [6.07, 6.45) is 0. The Bertz CT molecular complexity index is 931. The number of rotatable bonds is 3. The van der Waals surface area contributed by atoms with E-state index in [2.05, 4.69) is 15.5 Å². The van der Waals surface area contributed by atoms with Crippen LogP contribution < -0.4 is 5.32 Å². The van der Waals surface area contributed by atoms with Crippen molar-refractivity contribution in [3.8, 4) is 0 Å². The fourth-order valence-corrected chi connectivity index (χ4v) is 2.70. The van der Waals surface area contributed by atoms with Crippen molar-refractivity contribution >= 4 is 34.3 Å². The van der Waals surface area contributed by atoms with Crippen LogP contribution >= 0.6 is 11.6 Å². The highest BCUT2D eigenvalue weighted by molar-refractivity contribution is 6.31. The standard InChI is InChI=1S/C18H18ClN3O2/c1-9(2)15-8-12(16-11(4)22-24-18(16)21-15)17(23)20-14-7-5-6-13(19)10(14)3/h5-9H,1-4H3,(H,20,23). The highest BCUT2D eigenvalue weighted by Gasteiger charge is 2.20. The van der Waals surface area contributed by atoms with Crippen molar-refractivity contribution in [2.24, 2.45) is 0 Å². The zero-order valence-electron chi connectivity index (χ0n) is 14.0. The van der Waals surface area contributed by atoms with Gasteiger partial charge in [-0.2, -0.15) is 0 Å². The van der Waals surface area contributed by atoms with Gasteiger partial charge in [-0.25, -0.2) is 4.98 Å². The number of aromatic nitrogens is 2. The molecule has 3 aromatic rings. The Morgan fingerprint density at radius 3 is 2.75 bits per heavy atom. The Morgan fingerprint density at radius 2 is 2.04 bits per heavy atom. The van der Waals surface area contributed by atoms with Gasteiger partial charge in [0.25, 0.3) is 11.6 Å². The summed E-state index contributed by atoms with van der Waals surface area (Å²) in [6.45, 7) is 7.69. The first kappa shape index (κ1) is 16.5. The molecule has 24 heavy (non-hydrogen) atoms. The third-order valence-corrected chi connectivity index (χ3v) is 4.40. The molecule has 0 bridgehead atoms. The minimum atomic E-state index is -0.235. The van der Waals surface area contributed by atoms with Crippen LogP contribution in [0.15, 0.2) is 28.8 Å². The van der Waals surface area contributed by atoms with Crippen molar-refractivity contribution < 1.29 is 9.32 Å². The Labute approximate surface area is 145 Å². The van der Waals surface area contributed by atoms with Crippen LogP contribution in [-0.4, -0.2) is 16.0 Å².